The maximum atomic E-state index is 13.5. The average Bonchev–Trinajstić information content (AvgIpc) is 2.80. The highest BCUT2D eigenvalue weighted by atomic mass is 32.2. The van der Waals surface area contributed by atoms with Gasteiger partial charge in [-0.25, -0.2) is 8.42 Å². The zero-order chi connectivity index (χ0) is 26.3. The van der Waals surface area contributed by atoms with Gasteiger partial charge in [-0.05, 0) is 38.8 Å². The molecule has 0 aliphatic carbocycles. The van der Waals surface area contributed by atoms with Gasteiger partial charge in [0.1, 0.15) is 12.6 Å². The molecule has 2 aromatic rings. The predicted molar refractivity (Wildman–Crippen MR) is 134 cm³/mol. The topological polar surface area (TPSA) is 130 Å². The number of nitro groups is 1. The number of aryl methyl sites for hydroxylation is 1. The summed E-state index contributed by atoms with van der Waals surface area (Å²) < 4.78 is 25.9. The molecule has 1 N–H and O–H groups in total. The predicted octanol–water partition coefficient (Wildman–Crippen LogP) is 3.00. The number of hydrogen-bond acceptors (Lipinski definition) is 6. The van der Waals surface area contributed by atoms with Crippen LogP contribution in [0, 0.1) is 17.0 Å². The Morgan fingerprint density at radius 2 is 1.74 bits per heavy atom. The summed E-state index contributed by atoms with van der Waals surface area (Å²) in [5.74, 6) is -0.977. The molecule has 0 spiro atoms. The minimum absolute atomic E-state index is 0.0120. The number of sulfonamides is 1. The molecule has 2 amide bonds. The second-order valence-corrected chi connectivity index (χ2v) is 10.5. The molecule has 2 aromatic carbocycles. The Morgan fingerprint density at radius 3 is 2.29 bits per heavy atom. The van der Waals surface area contributed by atoms with Gasteiger partial charge >= 0.3 is 0 Å². The summed E-state index contributed by atoms with van der Waals surface area (Å²) in [6, 6.07) is 11.5. The molecule has 10 nitrogen and oxygen atoms in total. The van der Waals surface area contributed by atoms with E-state index < -0.39 is 33.4 Å². The molecule has 35 heavy (non-hydrogen) atoms. The van der Waals surface area contributed by atoms with Crippen LogP contribution in [0.4, 0.5) is 11.4 Å². The lowest BCUT2D eigenvalue weighted by molar-refractivity contribution is -0.384. The number of carbonyl (C=O) groups excluding carboxylic acids is 2. The van der Waals surface area contributed by atoms with E-state index in [0.29, 0.717) is 6.42 Å². The van der Waals surface area contributed by atoms with E-state index in [9.17, 15) is 28.1 Å². The lowest BCUT2D eigenvalue weighted by atomic mass is 10.1. The molecular weight excluding hydrogens is 472 g/mol. The first kappa shape index (κ1) is 27.8. The molecule has 2 atom stereocenters. The molecular formula is C24H32N4O6S. The van der Waals surface area contributed by atoms with Crippen molar-refractivity contribution in [2.45, 2.75) is 52.7 Å². The molecule has 2 rings (SSSR count). The van der Waals surface area contributed by atoms with Crippen LogP contribution in [0.1, 0.15) is 38.3 Å². The summed E-state index contributed by atoms with van der Waals surface area (Å²) in [4.78, 5) is 38.2. The Kier molecular flexibility index (Phi) is 9.35. The second kappa shape index (κ2) is 11.8. The molecule has 0 aliphatic heterocycles. The molecule has 0 fully saturated rings. The highest BCUT2D eigenvalue weighted by Gasteiger charge is 2.30. The van der Waals surface area contributed by atoms with E-state index in [2.05, 4.69) is 5.32 Å². The Morgan fingerprint density at radius 1 is 1.11 bits per heavy atom. The number of anilines is 1. The highest BCUT2D eigenvalue weighted by Crippen LogP contribution is 2.24. The van der Waals surface area contributed by atoms with Crippen molar-refractivity contribution in [2.75, 3.05) is 17.1 Å². The van der Waals surface area contributed by atoms with E-state index in [1.54, 1.807) is 6.92 Å². The summed E-state index contributed by atoms with van der Waals surface area (Å²) in [5, 5.41) is 14.0. The fourth-order valence-corrected chi connectivity index (χ4v) is 4.16. The third-order valence-electron chi connectivity index (χ3n) is 5.65. The van der Waals surface area contributed by atoms with E-state index in [1.807, 2.05) is 45.0 Å². The average molecular weight is 505 g/mol. The molecule has 0 unspecified atom stereocenters. The maximum Gasteiger partial charge on any atom is 0.271 e. The first-order valence-electron chi connectivity index (χ1n) is 11.2. The SMILES string of the molecule is CC[C@H](C)NC(=O)[C@@H](C)N(Cc1ccc(C)cc1)C(=O)CN(c1cccc([N+](=O)[O-])c1)S(C)(=O)=O. The van der Waals surface area contributed by atoms with Crippen LogP contribution in [0.2, 0.25) is 0 Å². The van der Waals surface area contributed by atoms with E-state index in [-0.39, 0.29) is 29.9 Å². The number of benzene rings is 2. The van der Waals surface area contributed by atoms with Crippen LogP contribution in [0.15, 0.2) is 48.5 Å². The molecule has 0 radical (unpaired) electrons. The van der Waals surface area contributed by atoms with Crippen LogP contribution in [-0.4, -0.2) is 54.9 Å². The Labute approximate surface area is 206 Å². The van der Waals surface area contributed by atoms with Gasteiger partial charge in [-0.15, -0.1) is 0 Å². The maximum absolute atomic E-state index is 13.5. The summed E-state index contributed by atoms with van der Waals surface area (Å²) in [5.41, 5.74) is 1.49. The number of nitrogens with one attached hydrogen (secondary N) is 1. The smallest absolute Gasteiger partial charge is 0.271 e. The highest BCUT2D eigenvalue weighted by molar-refractivity contribution is 7.92. The zero-order valence-corrected chi connectivity index (χ0v) is 21.4. The number of hydrogen-bond donors (Lipinski definition) is 1. The lowest BCUT2D eigenvalue weighted by Gasteiger charge is -2.32. The number of non-ortho nitro benzene ring substituents is 1. The number of nitrogens with zero attached hydrogens (tertiary/aromatic N) is 3. The van der Waals surface area contributed by atoms with Gasteiger partial charge in [0.2, 0.25) is 21.8 Å². The summed E-state index contributed by atoms with van der Waals surface area (Å²) in [6.07, 6.45) is 1.63. The van der Waals surface area contributed by atoms with Gasteiger partial charge in [0.15, 0.2) is 0 Å². The number of carbonyl (C=O) groups is 2. The Hall–Kier alpha value is -3.47. The molecule has 0 bridgehead atoms. The van der Waals surface area contributed by atoms with Crippen molar-refractivity contribution >= 4 is 33.2 Å². The van der Waals surface area contributed by atoms with E-state index in [4.69, 9.17) is 0 Å². The summed E-state index contributed by atoms with van der Waals surface area (Å²) in [7, 11) is -3.97. The normalized spacial score (nSPS) is 12.9. The lowest BCUT2D eigenvalue weighted by Crippen LogP contribution is -2.52. The molecule has 0 aliphatic rings. The van der Waals surface area contributed by atoms with Gasteiger partial charge in [0, 0.05) is 24.7 Å². The van der Waals surface area contributed by atoms with Gasteiger partial charge in [0.25, 0.3) is 5.69 Å². The fraction of sp³-hybridized carbons (Fsp3) is 0.417. The van der Waals surface area contributed by atoms with Gasteiger partial charge < -0.3 is 10.2 Å². The Balaban J connectivity index is 2.41. The van der Waals surface area contributed by atoms with Crippen molar-refractivity contribution in [3.63, 3.8) is 0 Å². The quantitative estimate of drug-likeness (QED) is 0.370. The van der Waals surface area contributed by atoms with Crippen molar-refractivity contribution in [1.82, 2.24) is 10.2 Å². The third kappa shape index (κ3) is 7.78. The van der Waals surface area contributed by atoms with E-state index in [0.717, 1.165) is 27.8 Å². The van der Waals surface area contributed by atoms with Gasteiger partial charge in [-0.2, -0.15) is 0 Å². The summed E-state index contributed by atoms with van der Waals surface area (Å²) in [6.45, 7) is 6.76. The van der Waals surface area contributed by atoms with Crippen molar-refractivity contribution in [3.05, 3.63) is 69.8 Å². The molecule has 0 aromatic heterocycles. The van der Waals surface area contributed by atoms with Crippen LogP contribution < -0.4 is 9.62 Å². The van der Waals surface area contributed by atoms with Crippen molar-refractivity contribution in [3.8, 4) is 0 Å². The number of amides is 2. The van der Waals surface area contributed by atoms with Crippen molar-refractivity contribution in [2.24, 2.45) is 0 Å². The zero-order valence-electron chi connectivity index (χ0n) is 20.6. The first-order valence-corrected chi connectivity index (χ1v) is 13.1. The summed E-state index contributed by atoms with van der Waals surface area (Å²) >= 11 is 0. The fourth-order valence-electron chi connectivity index (χ4n) is 3.31. The van der Waals surface area contributed by atoms with E-state index >= 15 is 0 Å². The Bertz CT molecular complexity index is 1170. The van der Waals surface area contributed by atoms with Crippen LogP contribution in [0.3, 0.4) is 0 Å². The van der Waals surface area contributed by atoms with Crippen molar-refractivity contribution < 1.29 is 22.9 Å². The third-order valence-corrected chi connectivity index (χ3v) is 6.79. The second-order valence-electron chi connectivity index (χ2n) is 8.55. The minimum atomic E-state index is -3.97. The van der Waals surface area contributed by atoms with Crippen molar-refractivity contribution in [1.29, 1.82) is 0 Å². The van der Waals surface area contributed by atoms with Crippen LogP contribution in [0.5, 0.6) is 0 Å². The molecule has 0 saturated heterocycles. The number of nitro benzene ring substituents is 1. The van der Waals surface area contributed by atoms with Gasteiger partial charge in [0.05, 0.1) is 16.9 Å². The molecule has 11 heteroatoms. The van der Waals surface area contributed by atoms with Crippen LogP contribution >= 0.6 is 0 Å². The van der Waals surface area contributed by atoms with Gasteiger partial charge in [-0.3, -0.25) is 24.0 Å². The van der Waals surface area contributed by atoms with Crippen LogP contribution in [-0.2, 0) is 26.2 Å². The largest absolute Gasteiger partial charge is 0.352 e. The monoisotopic (exact) mass is 504 g/mol. The van der Waals surface area contributed by atoms with Gasteiger partial charge in [-0.1, -0.05) is 42.8 Å². The van der Waals surface area contributed by atoms with Crippen LogP contribution in [0.25, 0.3) is 0 Å². The number of rotatable bonds is 11. The molecule has 0 saturated carbocycles. The molecule has 0 heterocycles. The minimum Gasteiger partial charge on any atom is -0.352 e. The first-order chi connectivity index (χ1) is 16.3. The van der Waals surface area contributed by atoms with E-state index in [1.165, 1.54) is 23.1 Å². The molecule has 190 valence electrons. The standard InChI is InChI=1S/C24H32N4O6S/c1-6-18(3)25-24(30)19(4)26(15-20-12-10-17(2)11-13-20)23(29)16-27(35(5,33)34)21-8-7-9-22(14-21)28(31)32/h7-14,18-19H,6,15-16H2,1-5H3,(H,25,30)/t18-,19+/m0/s1.